The molecule has 1 unspecified atom stereocenters. The summed E-state index contributed by atoms with van der Waals surface area (Å²) in [6.45, 7) is 1.88. The summed E-state index contributed by atoms with van der Waals surface area (Å²) < 4.78 is 5.74. The number of likely N-dealkylation sites (N-methyl/N-ethyl adjacent to an activating group) is 1. The Balaban J connectivity index is 1.89. The molecule has 0 saturated carbocycles. The Labute approximate surface area is 96.4 Å². The van der Waals surface area contributed by atoms with Gasteiger partial charge in [-0.3, -0.25) is 4.98 Å². The van der Waals surface area contributed by atoms with Crippen molar-refractivity contribution in [1.82, 2.24) is 9.88 Å². The Kier molecular flexibility index (Phi) is 3.62. The van der Waals surface area contributed by atoms with Crippen LogP contribution < -0.4 is 10.5 Å². The molecule has 16 heavy (non-hydrogen) atoms. The smallest absolute Gasteiger partial charge is 0.145 e. The van der Waals surface area contributed by atoms with E-state index < -0.39 is 0 Å². The number of rotatable bonds is 3. The Hall–Kier alpha value is -1.29. The standard InChI is InChI=1S/C12H19N3O/c1-15-7-3-2-4-10(15)9-16-12-5-6-14-8-11(12)13/h5-6,8,10H,2-4,7,9,13H2,1H3. The van der Waals surface area contributed by atoms with E-state index in [2.05, 4.69) is 16.9 Å². The third-order valence-electron chi connectivity index (χ3n) is 3.16. The maximum Gasteiger partial charge on any atom is 0.145 e. The second-order valence-electron chi connectivity index (χ2n) is 4.35. The first-order valence-corrected chi connectivity index (χ1v) is 5.80. The minimum Gasteiger partial charge on any atom is -0.490 e. The monoisotopic (exact) mass is 221 g/mol. The third kappa shape index (κ3) is 2.64. The number of nitrogens with two attached hydrogens (primary N) is 1. The van der Waals surface area contributed by atoms with Gasteiger partial charge in [-0.2, -0.15) is 0 Å². The highest BCUT2D eigenvalue weighted by Crippen LogP contribution is 2.21. The van der Waals surface area contributed by atoms with Gasteiger partial charge in [0.25, 0.3) is 0 Å². The zero-order valence-electron chi connectivity index (χ0n) is 9.72. The normalized spacial score (nSPS) is 21.9. The zero-order valence-corrected chi connectivity index (χ0v) is 9.72. The van der Waals surface area contributed by atoms with E-state index in [9.17, 15) is 0 Å². The summed E-state index contributed by atoms with van der Waals surface area (Å²) in [6, 6.07) is 2.33. The molecule has 1 aromatic heterocycles. The van der Waals surface area contributed by atoms with E-state index in [4.69, 9.17) is 10.5 Å². The molecule has 0 aromatic carbocycles. The van der Waals surface area contributed by atoms with Crippen molar-refractivity contribution in [3.05, 3.63) is 18.5 Å². The predicted octanol–water partition coefficient (Wildman–Crippen LogP) is 1.53. The molecular formula is C12H19N3O. The maximum absolute atomic E-state index is 5.77. The van der Waals surface area contributed by atoms with Gasteiger partial charge < -0.3 is 15.4 Å². The number of piperidine rings is 1. The Morgan fingerprint density at radius 2 is 2.44 bits per heavy atom. The number of hydrogen-bond donors (Lipinski definition) is 1. The number of nitrogen functional groups attached to an aromatic ring is 1. The summed E-state index contributed by atoms with van der Waals surface area (Å²) in [6.07, 6.45) is 7.13. The maximum atomic E-state index is 5.77. The van der Waals surface area contributed by atoms with Gasteiger partial charge in [0.2, 0.25) is 0 Å². The summed E-state index contributed by atoms with van der Waals surface area (Å²) in [5.41, 5.74) is 6.38. The number of anilines is 1. The summed E-state index contributed by atoms with van der Waals surface area (Å²) in [4.78, 5) is 6.30. The molecule has 0 spiro atoms. The minimum atomic E-state index is 0.515. The van der Waals surface area contributed by atoms with Gasteiger partial charge in [0.05, 0.1) is 11.9 Å². The van der Waals surface area contributed by atoms with Crippen LogP contribution in [-0.2, 0) is 0 Å². The van der Waals surface area contributed by atoms with Crippen LogP contribution in [0.15, 0.2) is 18.5 Å². The first-order chi connectivity index (χ1) is 7.77. The van der Waals surface area contributed by atoms with Crippen molar-refractivity contribution in [3.63, 3.8) is 0 Å². The molecule has 1 aliphatic rings. The number of aromatic nitrogens is 1. The number of pyridine rings is 1. The largest absolute Gasteiger partial charge is 0.490 e. The fourth-order valence-corrected chi connectivity index (χ4v) is 2.07. The second kappa shape index (κ2) is 5.16. The van der Waals surface area contributed by atoms with E-state index in [1.165, 1.54) is 25.8 Å². The first kappa shape index (κ1) is 11.2. The SMILES string of the molecule is CN1CCCCC1COc1ccncc1N. The lowest BCUT2D eigenvalue weighted by atomic mass is 10.0. The van der Waals surface area contributed by atoms with E-state index in [1.807, 2.05) is 6.07 Å². The summed E-state index contributed by atoms with van der Waals surface area (Å²) in [5.74, 6) is 0.744. The molecule has 1 aromatic rings. The molecule has 1 saturated heterocycles. The van der Waals surface area contributed by atoms with Crippen LogP contribution in [0.4, 0.5) is 5.69 Å². The van der Waals surface area contributed by atoms with Crippen molar-refractivity contribution < 1.29 is 4.74 Å². The summed E-state index contributed by atoms with van der Waals surface area (Å²) in [5, 5.41) is 0. The zero-order chi connectivity index (χ0) is 11.4. The Bertz CT molecular complexity index is 343. The molecule has 1 aliphatic heterocycles. The highest BCUT2D eigenvalue weighted by Gasteiger charge is 2.19. The summed E-state index contributed by atoms with van der Waals surface area (Å²) in [7, 11) is 2.16. The average Bonchev–Trinajstić information content (AvgIpc) is 2.30. The van der Waals surface area contributed by atoms with Crippen molar-refractivity contribution >= 4 is 5.69 Å². The van der Waals surface area contributed by atoms with Gasteiger partial charge in [0, 0.05) is 18.3 Å². The highest BCUT2D eigenvalue weighted by atomic mass is 16.5. The summed E-state index contributed by atoms with van der Waals surface area (Å²) >= 11 is 0. The predicted molar refractivity (Wildman–Crippen MR) is 64.4 cm³/mol. The van der Waals surface area contributed by atoms with Crippen LogP contribution in [0.5, 0.6) is 5.75 Å². The van der Waals surface area contributed by atoms with Crippen molar-refractivity contribution in [1.29, 1.82) is 0 Å². The van der Waals surface area contributed by atoms with Crippen molar-refractivity contribution in [3.8, 4) is 5.75 Å². The molecule has 0 radical (unpaired) electrons. The van der Waals surface area contributed by atoms with Crippen molar-refractivity contribution in [2.24, 2.45) is 0 Å². The highest BCUT2D eigenvalue weighted by molar-refractivity contribution is 5.49. The van der Waals surface area contributed by atoms with Crippen LogP contribution in [0.3, 0.4) is 0 Å². The van der Waals surface area contributed by atoms with Crippen LogP contribution in [0.1, 0.15) is 19.3 Å². The van der Waals surface area contributed by atoms with Gasteiger partial charge in [0.15, 0.2) is 0 Å². The van der Waals surface area contributed by atoms with E-state index in [0.717, 1.165) is 5.75 Å². The van der Waals surface area contributed by atoms with Crippen LogP contribution in [0.25, 0.3) is 0 Å². The minimum absolute atomic E-state index is 0.515. The average molecular weight is 221 g/mol. The molecule has 2 heterocycles. The van der Waals surface area contributed by atoms with Gasteiger partial charge in [-0.25, -0.2) is 0 Å². The van der Waals surface area contributed by atoms with E-state index >= 15 is 0 Å². The lowest BCUT2D eigenvalue weighted by molar-refractivity contribution is 0.125. The van der Waals surface area contributed by atoms with Gasteiger partial charge in [0.1, 0.15) is 12.4 Å². The number of hydrogen-bond acceptors (Lipinski definition) is 4. The molecule has 0 bridgehead atoms. The Morgan fingerprint density at radius 3 is 3.19 bits per heavy atom. The quantitative estimate of drug-likeness (QED) is 0.841. The van der Waals surface area contributed by atoms with Crippen LogP contribution >= 0.6 is 0 Å². The first-order valence-electron chi connectivity index (χ1n) is 5.80. The lowest BCUT2D eigenvalue weighted by Gasteiger charge is -2.32. The molecule has 0 amide bonds. The van der Waals surface area contributed by atoms with Gasteiger partial charge >= 0.3 is 0 Å². The van der Waals surface area contributed by atoms with Crippen LogP contribution in [-0.4, -0.2) is 36.1 Å². The molecule has 4 nitrogen and oxygen atoms in total. The lowest BCUT2D eigenvalue weighted by Crippen LogP contribution is -2.40. The molecule has 88 valence electrons. The van der Waals surface area contributed by atoms with E-state index in [1.54, 1.807) is 12.4 Å². The topological polar surface area (TPSA) is 51.4 Å². The molecule has 1 atom stereocenters. The van der Waals surface area contributed by atoms with Gasteiger partial charge in [-0.1, -0.05) is 6.42 Å². The van der Waals surface area contributed by atoms with E-state index in [-0.39, 0.29) is 0 Å². The molecular weight excluding hydrogens is 202 g/mol. The third-order valence-corrected chi connectivity index (χ3v) is 3.16. The van der Waals surface area contributed by atoms with Crippen molar-refractivity contribution in [2.45, 2.75) is 25.3 Å². The van der Waals surface area contributed by atoms with Gasteiger partial charge in [-0.05, 0) is 26.4 Å². The number of likely N-dealkylation sites (tertiary alicyclic amines) is 1. The Morgan fingerprint density at radius 1 is 1.56 bits per heavy atom. The molecule has 2 rings (SSSR count). The molecule has 2 N–H and O–H groups in total. The number of ether oxygens (including phenoxy) is 1. The second-order valence-corrected chi connectivity index (χ2v) is 4.35. The fourth-order valence-electron chi connectivity index (χ4n) is 2.07. The van der Waals surface area contributed by atoms with Crippen LogP contribution in [0, 0.1) is 0 Å². The number of nitrogens with zero attached hydrogens (tertiary/aromatic N) is 2. The molecule has 4 heteroatoms. The fraction of sp³-hybridized carbons (Fsp3) is 0.583. The molecule has 1 fully saturated rings. The van der Waals surface area contributed by atoms with Gasteiger partial charge in [-0.15, -0.1) is 0 Å². The molecule has 0 aliphatic carbocycles. The van der Waals surface area contributed by atoms with Crippen molar-refractivity contribution in [2.75, 3.05) is 25.9 Å². The van der Waals surface area contributed by atoms with Crippen LogP contribution in [0.2, 0.25) is 0 Å². The van der Waals surface area contributed by atoms with E-state index in [0.29, 0.717) is 18.3 Å².